The Labute approximate surface area is 115 Å². The van der Waals surface area contributed by atoms with Gasteiger partial charge in [0.2, 0.25) is 0 Å². The van der Waals surface area contributed by atoms with Gasteiger partial charge >= 0.3 is 0 Å². The number of methoxy groups -OCH3 is 1. The zero-order chi connectivity index (χ0) is 13.8. The fourth-order valence-corrected chi connectivity index (χ4v) is 2.15. The first-order valence-corrected chi connectivity index (χ1v) is 6.71. The van der Waals surface area contributed by atoms with Gasteiger partial charge in [0, 0.05) is 26.7 Å². The number of ether oxygens (including phenoxy) is 1. The molecule has 2 rings (SSSR count). The molecule has 104 valence electrons. The van der Waals surface area contributed by atoms with Crippen LogP contribution in [0.3, 0.4) is 0 Å². The highest BCUT2D eigenvalue weighted by atomic mass is 16.5. The zero-order valence-electron chi connectivity index (χ0n) is 12.2. The van der Waals surface area contributed by atoms with Gasteiger partial charge in [-0.1, -0.05) is 19.1 Å². The van der Waals surface area contributed by atoms with Crippen molar-refractivity contribution in [2.24, 2.45) is 10.9 Å². The van der Waals surface area contributed by atoms with E-state index < -0.39 is 0 Å². The van der Waals surface area contributed by atoms with E-state index in [4.69, 9.17) is 4.74 Å². The van der Waals surface area contributed by atoms with Crippen molar-refractivity contribution in [3.8, 4) is 5.75 Å². The van der Waals surface area contributed by atoms with Crippen LogP contribution in [0.25, 0.3) is 0 Å². The number of rotatable bonds is 4. The van der Waals surface area contributed by atoms with Gasteiger partial charge < -0.3 is 15.0 Å². The lowest BCUT2D eigenvalue weighted by atomic mass is 10.2. The molecule has 0 aromatic heterocycles. The minimum Gasteiger partial charge on any atom is -0.497 e. The Hall–Kier alpha value is -1.71. The number of hydrogen-bond donors (Lipinski definition) is 1. The molecule has 1 N–H and O–H groups in total. The summed E-state index contributed by atoms with van der Waals surface area (Å²) in [5, 5.41) is 3.48. The van der Waals surface area contributed by atoms with Crippen molar-refractivity contribution in [1.29, 1.82) is 0 Å². The molecule has 0 bridgehead atoms. The van der Waals surface area contributed by atoms with E-state index in [1.165, 1.54) is 12.0 Å². The number of nitrogens with zero attached hydrogens (tertiary/aromatic N) is 2. The van der Waals surface area contributed by atoms with E-state index in [1.54, 1.807) is 7.11 Å². The van der Waals surface area contributed by atoms with Crippen molar-refractivity contribution in [3.05, 3.63) is 29.8 Å². The molecular formula is C15H23N3O. The number of benzene rings is 1. The Bertz CT molecular complexity index is 458. The summed E-state index contributed by atoms with van der Waals surface area (Å²) < 4.78 is 5.25. The average molecular weight is 261 g/mol. The van der Waals surface area contributed by atoms with Gasteiger partial charge in [0.25, 0.3) is 0 Å². The van der Waals surface area contributed by atoms with Crippen LogP contribution in [0.4, 0.5) is 0 Å². The Morgan fingerprint density at radius 3 is 2.84 bits per heavy atom. The smallest absolute Gasteiger partial charge is 0.193 e. The van der Waals surface area contributed by atoms with E-state index in [-0.39, 0.29) is 0 Å². The predicted molar refractivity (Wildman–Crippen MR) is 78.5 cm³/mol. The number of guanidine groups is 1. The third-order valence-electron chi connectivity index (χ3n) is 3.55. The van der Waals surface area contributed by atoms with Gasteiger partial charge in [0.05, 0.1) is 7.11 Å². The molecule has 2 unspecified atom stereocenters. The molecule has 0 amide bonds. The molecule has 1 aromatic carbocycles. The quantitative estimate of drug-likeness (QED) is 0.666. The van der Waals surface area contributed by atoms with Crippen LogP contribution in [0.1, 0.15) is 18.9 Å². The summed E-state index contributed by atoms with van der Waals surface area (Å²) in [6.45, 7) is 3.07. The monoisotopic (exact) mass is 261 g/mol. The second kappa shape index (κ2) is 5.95. The Kier molecular flexibility index (Phi) is 4.30. The molecule has 4 nitrogen and oxygen atoms in total. The number of hydrogen-bond acceptors (Lipinski definition) is 2. The molecule has 0 spiro atoms. The van der Waals surface area contributed by atoms with Crippen LogP contribution in [0.2, 0.25) is 0 Å². The van der Waals surface area contributed by atoms with E-state index in [2.05, 4.69) is 41.3 Å². The average Bonchev–Trinajstić information content (AvgIpc) is 3.11. The standard InChI is InChI=1S/C15H23N3O/c1-11-8-14(11)17-15(16-2)18(3)10-12-6-5-7-13(9-12)19-4/h5-7,9,11,14H,8,10H2,1-4H3,(H,16,17). The lowest BCUT2D eigenvalue weighted by Gasteiger charge is -2.22. The molecule has 1 saturated carbocycles. The maximum absolute atomic E-state index is 5.25. The van der Waals surface area contributed by atoms with Crippen LogP contribution in [0, 0.1) is 5.92 Å². The second-order valence-corrected chi connectivity index (χ2v) is 5.22. The van der Waals surface area contributed by atoms with Crippen LogP contribution in [0.15, 0.2) is 29.3 Å². The molecule has 0 radical (unpaired) electrons. The first kappa shape index (κ1) is 13.7. The molecule has 1 aliphatic rings. The summed E-state index contributed by atoms with van der Waals surface area (Å²) in [6, 6.07) is 8.73. The molecular weight excluding hydrogens is 238 g/mol. The second-order valence-electron chi connectivity index (χ2n) is 5.22. The number of nitrogens with one attached hydrogen (secondary N) is 1. The normalized spacial score (nSPS) is 22.0. The SMILES string of the molecule is CN=C(NC1CC1C)N(C)Cc1cccc(OC)c1. The first-order chi connectivity index (χ1) is 9.13. The molecule has 0 aliphatic heterocycles. The van der Waals surface area contributed by atoms with Gasteiger partial charge in [-0.3, -0.25) is 4.99 Å². The lowest BCUT2D eigenvalue weighted by Crippen LogP contribution is -2.40. The molecule has 0 heterocycles. The van der Waals surface area contributed by atoms with Gasteiger partial charge in [-0.2, -0.15) is 0 Å². The van der Waals surface area contributed by atoms with Crippen LogP contribution in [0.5, 0.6) is 5.75 Å². The minimum absolute atomic E-state index is 0.589. The van der Waals surface area contributed by atoms with Gasteiger partial charge in [-0.05, 0) is 30.0 Å². The van der Waals surface area contributed by atoms with Gasteiger partial charge in [0.15, 0.2) is 5.96 Å². The third-order valence-corrected chi connectivity index (χ3v) is 3.55. The number of aliphatic imine (C=N–C) groups is 1. The van der Waals surface area contributed by atoms with Gasteiger partial charge in [-0.15, -0.1) is 0 Å². The molecule has 4 heteroatoms. The van der Waals surface area contributed by atoms with Crippen molar-refractivity contribution < 1.29 is 4.74 Å². The van der Waals surface area contributed by atoms with Crippen molar-refractivity contribution in [2.75, 3.05) is 21.2 Å². The molecule has 1 aromatic rings. The zero-order valence-corrected chi connectivity index (χ0v) is 12.2. The van der Waals surface area contributed by atoms with Gasteiger partial charge in [-0.25, -0.2) is 0 Å². The fraction of sp³-hybridized carbons (Fsp3) is 0.533. The molecule has 0 saturated heterocycles. The molecule has 2 atom stereocenters. The van der Waals surface area contributed by atoms with Crippen molar-refractivity contribution in [2.45, 2.75) is 25.9 Å². The molecule has 1 aliphatic carbocycles. The fourth-order valence-electron chi connectivity index (χ4n) is 2.15. The van der Waals surface area contributed by atoms with Crippen LogP contribution in [-0.4, -0.2) is 38.1 Å². The molecule has 19 heavy (non-hydrogen) atoms. The lowest BCUT2D eigenvalue weighted by molar-refractivity contribution is 0.412. The summed E-state index contributed by atoms with van der Waals surface area (Å²) in [5.41, 5.74) is 1.22. The summed E-state index contributed by atoms with van der Waals surface area (Å²) in [5.74, 6) is 2.61. The maximum Gasteiger partial charge on any atom is 0.193 e. The maximum atomic E-state index is 5.25. The van der Waals surface area contributed by atoms with Crippen LogP contribution in [-0.2, 0) is 6.54 Å². The van der Waals surface area contributed by atoms with E-state index in [9.17, 15) is 0 Å². The van der Waals surface area contributed by atoms with Crippen molar-refractivity contribution >= 4 is 5.96 Å². The van der Waals surface area contributed by atoms with E-state index in [0.717, 1.165) is 24.2 Å². The molecule has 1 fully saturated rings. The van der Waals surface area contributed by atoms with Gasteiger partial charge in [0.1, 0.15) is 5.75 Å². The Balaban J connectivity index is 1.96. The topological polar surface area (TPSA) is 36.9 Å². The van der Waals surface area contributed by atoms with Crippen molar-refractivity contribution in [1.82, 2.24) is 10.2 Å². The highest BCUT2D eigenvalue weighted by Crippen LogP contribution is 2.29. The summed E-state index contributed by atoms with van der Waals surface area (Å²) >= 11 is 0. The summed E-state index contributed by atoms with van der Waals surface area (Å²) in [6.07, 6.45) is 1.24. The highest BCUT2D eigenvalue weighted by molar-refractivity contribution is 5.80. The predicted octanol–water partition coefficient (Wildman–Crippen LogP) is 2.11. The Morgan fingerprint density at radius 1 is 1.53 bits per heavy atom. The van der Waals surface area contributed by atoms with Crippen LogP contribution >= 0.6 is 0 Å². The van der Waals surface area contributed by atoms with E-state index in [1.807, 2.05) is 19.2 Å². The third kappa shape index (κ3) is 3.63. The van der Waals surface area contributed by atoms with Crippen molar-refractivity contribution in [3.63, 3.8) is 0 Å². The largest absolute Gasteiger partial charge is 0.497 e. The van der Waals surface area contributed by atoms with E-state index in [0.29, 0.717) is 6.04 Å². The van der Waals surface area contributed by atoms with Crippen LogP contribution < -0.4 is 10.1 Å². The minimum atomic E-state index is 0.589. The Morgan fingerprint density at radius 2 is 2.26 bits per heavy atom. The summed E-state index contributed by atoms with van der Waals surface area (Å²) in [4.78, 5) is 6.48. The summed E-state index contributed by atoms with van der Waals surface area (Å²) in [7, 11) is 5.58. The highest BCUT2D eigenvalue weighted by Gasteiger charge is 2.33. The van der Waals surface area contributed by atoms with E-state index >= 15 is 0 Å². The first-order valence-electron chi connectivity index (χ1n) is 6.71.